The number of halogens is 2. The number of ether oxygens (including phenoxy) is 1. The standard InChI is InChI=1S/C17H17Cl2NO/c18-16-6-5-12(9-17(16)19)15-4-2-1-3-13(15)11-21-14-7-8-20-10-14/h1-6,9,14,20H,7-8,10-11H2/t14-/m0/s1. The summed E-state index contributed by atoms with van der Waals surface area (Å²) in [4.78, 5) is 0. The Morgan fingerprint density at radius 1 is 1.10 bits per heavy atom. The maximum Gasteiger partial charge on any atom is 0.0727 e. The Morgan fingerprint density at radius 2 is 1.95 bits per heavy atom. The quantitative estimate of drug-likeness (QED) is 0.892. The summed E-state index contributed by atoms with van der Waals surface area (Å²) in [7, 11) is 0. The van der Waals surface area contributed by atoms with Gasteiger partial charge in [0.1, 0.15) is 0 Å². The second kappa shape index (κ2) is 6.80. The number of nitrogens with one attached hydrogen (secondary N) is 1. The molecule has 4 heteroatoms. The largest absolute Gasteiger partial charge is 0.372 e. The first-order chi connectivity index (χ1) is 10.2. The molecule has 1 aliphatic heterocycles. The second-order valence-corrected chi connectivity index (χ2v) is 6.03. The van der Waals surface area contributed by atoms with Gasteiger partial charge in [-0.1, -0.05) is 53.5 Å². The summed E-state index contributed by atoms with van der Waals surface area (Å²) in [6.45, 7) is 2.59. The third-order valence-corrected chi connectivity index (χ3v) is 4.48. The molecule has 1 atom stereocenters. The number of hydrogen-bond donors (Lipinski definition) is 1. The molecule has 3 rings (SSSR count). The lowest BCUT2D eigenvalue weighted by Crippen LogP contribution is -2.16. The van der Waals surface area contributed by atoms with E-state index in [1.807, 2.05) is 30.3 Å². The van der Waals surface area contributed by atoms with Crippen LogP contribution in [0.15, 0.2) is 42.5 Å². The average molecular weight is 322 g/mol. The molecule has 1 aliphatic rings. The molecule has 1 fully saturated rings. The molecule has 110 valence electrons. The fraction of sp³-hybridized carbons (Fsp3) is 0.294. The predicted octanol–water partition coefficient (Wildman–Crippen LogP) is 4.54. The van der Waals surface area contributed by atoms with Gasteiger partial charge in [-0.3, -0.25) is 0 Å². The lowest BCUT2D eigenvalue weighted by atomic mass is 10.0. The van der Waals surface area contributed by atoms with Crippen molar-refractivity contribution >= 4 is 23.2 Å². The van der Waals surface area contributed by atoms with Crippen molar-refractivity contribution in [3.63, 3.8) is 0 Å². The summed E-state index contributed by atoms with van der Waals surface area (Å²) in [6.07, 6.45) is 1.39. The first-order valence-electron chi connectivity index (χ1n) is 7.09. The van der Waals surface area contributed by atoms with E-state index in [4.69, 9.17) is 27.9 Å². The summed E-state index contributed by atoms with van der Waals surface area (Å²) in [5.74, 6) is 0. The highest BCUT2D eigenvalue weighted by molar-refractivity contribution is 6.42. The van der Waals surface area contributed by atoms with Crippen molar-refractivity contribution in [1.82, 2.24) is 5.32 Å². The van der Waals surface area contributed by atoms with Crippen LogP contribution in [0.3, 0.4) is 0 Å². The molecular formula is C17H17Cl2NO. The molecule has 2 nitrogen and oxygen atoms in total. The van der Waals surface area contributed by atoms with E-state index < -0.39 is 0 Å². The van der Waals surface area contributed by atoms with Crippen LogP contribution in [-0.4, -0.2) is 19.2 Å². The third-order valence-electron chi connectivity index (χ3n) is 3.74. The van der Waals surface area contributed by atoms with Crippen molar-refractivity contribution in [2.45, 2.75) is 19.1 Å². The fourth-order valence-electron chi connectivity index (χ4n) is 2.57. The summed E-state index contributed by atoms with van der Waals surface area (Å²) in [5, 5.41) is 4.46. The van der Waals surface area contributed by atoms with Crippen LogP contribution in [0.5, 0.6) is 0 Å². The van der Waals surface area contributed by atoms with Crippen molar-refractivity contribution in [3.05, 3.63) is 58.1 Å². The zero-order valence-corrected chi connectivity index (χ0v) is 13.1. The van der Waals surface area contributed by atoms with Gasteiger partial charge in [-0.2, -0.15) is 0 Å². The topological polar surface area (TPSA) is 21.3 Å². The molecule has 0 amide bonds. The van der Waals surface area contributed by atoms with Crippen LogP contribution < -0.4 is 5.32 Å². The first kappa shape index (κ1) is 14.9. The normalized spacial score (nSPS) is 18.1. The van der Waals surface area contributed by atoms with Crippen LogP contribution in [-0.2, 0) is 11.3 Å². The van der Waals surface area contributed by atoms with Crippen molar-refractivity contribution in [1.29, 1.82) is 0 Å². The molecule has 0 unspecified atom stereocenters. The molecule has 0 aromatic heterocycles. The molecule has 0 bridgehead atoms. The zero-order valence-electron chi connectivity index (χ0n) is 11.6. The van der Waals surface area contributed by atoms with E-state index in [1.54, 1.807) is 0 Å². The summed E-state index contributed by atoms with van der Waals surface area (Å²) in [6, 6.07) is 14.0. The third kappa shape index (κ3) is 3.58. The Morgan fingerprint density at radius 3 is 2.71 bits per heavy atom. The SMILES string of the molecule is Clc1ccc(-c2ccccc2CO[C@H]2CCNC2)cc1Cl. The Balaban J connectivity index is 1.82. The highest BCUT2D eigenvalue weighted by atomic mass is 35.5. The molecule has 21 heavy (non-hydrogen) atoms. The fourth-order valence-corrected chi connectivity index (χ4v) is 2.87. The monoisotopic (exact) mass is 321 g/mol. The highest BCUT2D eigenvalue weighted by Gasteiger charge is 2.15. The van der Waals surface area contributed by atoms with E-state index in [0.717, 1.165) is 30.6 Å². The summed E-state index contributed by atoms with van der Waals surface area (Å²) < 4.78 is 5.98. The highest BCUT2D eigenvalue weighted by Crippen LogP contribution is 2.30. The van der Waals surface area contributed by atoms with E-state index >= 15 is 0 Å². The van der Waals surface area contributed by atoms with Crippen molar-refractivity contribution < 1.29 is 4.74 Å². The Hall–Kier alpha value is -1.06. The molecule has 2 aromatic rings. The summed E-state index contributed by atoms with van der Waals surface area (Å²) >= 11 is 12.1. The molecule has 0 spiro atoms. The minimum absolute atomic E-state index is 0.312. The predicted molar refractivity (Wildman–Crippen MR) is 88.0 cm³/mol. The van der Waals surface area contributed by atoms with Gasteiger partial charge in [-0.05, 0) is 41.8 Å². The number of hydrogen-bond acceptors (Lipinski definition) is 2. The van der Waals surface area contributed by atoms with Crippen molar-refractivity contribution in [2.75, 3.05) is 13.1 Å². The van der Waals surface area contributed by atoms with Crippen LogP contribution in [0.4, 0.5) is 0 Å². The van der Waals surface area contributed by atoms with Gasteiger partial charge in [-0.25, -0.2) is 0 Å². The Labute approximate surface area is 135 Å². The molecule has 1 heterocycles. The van der Waals surface area contributed by atoms with Gasteiger partial charge in [0.2, 0.25) is 0 Å². The van der Waals surface area contributed by atoms with Gasteiger partial charge in [0.15, 0.2) is 0 Å². The second-order valence-electron chi connectivity index (χ2n) is 5.21. The van der Waals surface area contributed by atoms with Crippen LogP contribution >= 0.6 is 23.2 Å². The molecular weight excluding hydrogens is 305 g/mol. The van der Waals surface area contributed by atoms with E-state index in [2.05, 4.69) is 17.4 Å². The minimum Gasteiger partial charge on any atom is -0.372 e. The summed E-state index contributed by atoms with van der Waals surface area (Å²) in [5.41, 5.74) is 3.37. The molecule has 2 aromatic carbocycles. The average Bonchev–Trinajstić information content (AvgIpc) is 3.02. The van der Waals surface area contributed by atoms with E-state index in [0.29, 0.717) is 22.8 Å². The van der Waals surface area contributed by atoms with Crippen LogP contribution in [0.2, 0.25) is 10.0 Å². The smallest absolute Gasteiger partial charge is 0.0727 e. The van der Waals surface area contributed by atoms with Gasteiger partial charge in [0.05, 0.1) is 22.8 Å². The lowest BCUT2D eigenvalue weighted by Gasteiger charge is -2.14. The van der Waals surface area contributed by atoms with Gasteiger partial charge < -0.3 is 10.1 Å². The van der Waals surface area contributed by atoms with E-state index in [9.17, 15) is 0 Å². The van der Waals surface area contributed by atoms with Gasteiger partial charge >= 0.3 is 0 Å². The van der Waals surface area contributed by atoms with Gasteiger partial charge in [0.25, 0.3) is 0 Å². The number of benzene rings is 2. The minimum atomic E-state index is 0.312. The molecule has 1 saturated heterocycles. The molecule has 1 N–H and O–H groups in total. The molecule has 0 saturated carbocycles. The molecule has 0 radical (unpaired) electrons. The Kier molecular flexibility index (Phi) is 4.81. The molecule has 0 aliphatic carbocycles. The van der Waals surface area contributed by atoms with Crippen LogP contribution in [0.1, 0.15) is 12.0 Å². The van der Waals surface area contributed by atoms with Crippen molar-refractivity contribution in [3.8, 4) is 11.1 Å². The van der Waals surface area contributed by atoms with Gasteiger partial charge in [0, 0.05) is 6.54 Å². The van der Waals surface area contributed by atoms with E-state index in [1.165, 1.54) is 5.56 Å². The first-order valence-corrected chi connectivity index (χ1v) is 7.85. The maximum atomic E-state index is 6.13. The zero-order chi connectivity index (χ0) is 14.7. The Bertz CT molecular complexity index is 624. The number of rotatable bonds is 4. The van der Waals surface area contributed by atoms with E-state index in [-0.39, 0.29) is 0 Å². The maximum absolute atomic E-state index is 6.13. The van der Waals surface area contributed by atoms with Crippen LogP contribution in [0.25, 0.3) is 11.1 Å². The lowest BCUT2D eigenvalue weighted by molar-refractivity contribution is 0.0545. The van der Waals surface area contributed by atoms with Crippen molar-refractivity contribution in [2.24, 2.45) is 0 Å². The van der Waals surface area contributed by atoms with Crippen LogP contribution in [0, 0.1) is 0 Å². The van der Waals surface area contributed by atoms with Gasteiger partial charge in [-0.15, -0.1) is 0 Å².